The quantitative estimate of drug-likeness (QED) is 0.427. The zero-order valence-corrected chi connectivity index (χ0v) is 15.9. The van der Waals surface area contributed by atoms with Crippen LogP contribution in [-0.4, -0.2) is 31.7 Å². The topological polar surface area (TPSA) is 137 Å². The maximum Gasteiger partial charge on any atom is 0.305 e. The highest BCUT2D eigenvalue weighted by atomic mass is 16.6. The summed E-state index contributed by atoms with van der Waals surface area (Å²) in [5.74, 6) is -0.817. The second kappa shape index (κ2) is 8.86. The number of hydrogen-bond donors (Lipinski definition) is 2. The Hall–Kier alpha value is -4.21. The number of hydrogen-bond acceptors (Lipinski definition) is 6. The van der Waals surface area contributed by atoms with Gasteiger partial charge in [-0.2, -0.15) is 5.10 Å². The molecule has 0 spiro atoms. The average Bonchev–Trinajstić information content (AvgIpc) is 3.15. The molecule has 2 aromatic carbocycles. The summed E-state index contributed by atoms with van der Waals surface area (Å²) >= 11 is 0. The largest absolute Gasteiger partial charge is 0.481 e. The number of ether oxygens (including phenoxy) is 1. The number of carboxylic acid groups (broad SMARTS) is 1. The first-order valence-corrected chi connectivity index (χ1v) is 8.90. The molecule has 3 rings (SSSR count). The van der Waals surface area contributed by atoms with Crippen LogP contribution in [0.3, 0.4) is 0 Å². The van der Waals surface area contributed by atoms with E-state index < -0.39 is 16.8 Å². The lowest BCUT2D eigenvalue weighted by molar-refractivity contribution is -0.384. The molecule has 0 bridgehead atoms. The number of aryl methyl sites for hydroxylation is 2. The smallest absolute Gasteiger partial charge is 0.305 e. The molecule has 0 saturated heterocycles. The third kappa shape index (κ3) is 5.41. The number of aromatic nitrogens is 2. The number of amides is 1. The number of carbonyl (C=O) groups excluding carboxylic acids is 1. The van der Waals surface area contributed by atoms with Gasteiger partial charge in [-0.05, 0) is 24.6 Å². The maximum atomic E-state index is 12.5. The van der Waals surface area contributed by atoms with Gasteiger partial charge in [0.1, 0.15) is 11.5 Å². The fourth-order valence-electron chi connectivity index (χ4n) is 2.65. The van der Waals surface area contributed by atoms with Crippen LogP contribution >= 0.6 is 0 Å². The molecule has 0 aliphatic rings. The standard InChI is InChI=1S/C20H18N4O6/c1-13-3-2-4-17(7-13)30-18-9-15(8-16(10-18)24(28)29)22-20(27)14-11-21-23(12-14)6-5-19(25)26/h2-4,7-12H,5-6H2,1H3,(H,22,27)(H,25,26). The van der Waals surface area contributed by atoms with Crippen molar-refractivity contribution in [2.75, 3.05) is 5.32 Å². The Kier molecular flexibility index (Phi) is 6.06. The molecule has 0 atom stereocenters. The van der Waals surface area contributed by atoms with E-state index in [1.54, 1.807) is 18.2 Å². The summed E-state index contributed by atoms with van der Waals surface area (Å²) in [4.78, 5) is 33.8. The van der Waals surface area contributed by atoms with E-state index in [4.69, 9.17) is 9.84 Å². The highest BCUT2D eigenvalue weighted by Gasteiger charge is 2.15. The molecule has 1 heterocycles. The summed E-state index contributed by atoms with van der Waals surface area (Å²) in [5, 5.41) is 26.5. The van der Waals surface area contributed by atoms with Gasteiger partial charge in [-0.3, -0.25) is 24.4 Å². The van der Waals surface area contributed by atoms with Crippen LogP contribution in [0, 0.1) is 17.0 Å². The van der Waals surface area contributed by atoms with Crippen molar-refractivity contribution in [3.05, 3.63) is 76.1 Å². The zero-order valence-electron chi connectivity index (χ0n) is 15.9. The number of rotatable bonds is 8. The molecule has 0 saturated carbocycles. The van der Waals surface area contributed by atoms with Crippen molar-refractivity contribution in [2.45, 2.75) is 19.9 Å². The summed E-state index contributed by atoms with van der Waals surface area (Å²) in [7, 11) is 0. The van der Waals surface area contributed by atoms with Crippen molar-refractivity contribution in [3.63, 3.8) is 0 Å². The first-order chi connectivity index (χ1) is 14.3. The van der Waals surface area contributed by atoms with Crippen LogP contribution < -0.4 is 10.1 Å². The van der Waals surface area contributed by atoms with Gasteiger partial charge in [0.05, 0.1) is 41.4 Å². The maximum absolute atomic E-state index is 12.5. The Morgan fingerprint density at radius 3 is 2.73 bits per heavy atom. The lowest BCUT2D eigenvalue weighted by Crippen LogP contribution is -2.11. The van der Waals surface area contributed by atoms with Gasteiger partial charge in [-0.1, -0.05) is 12.1 Å². The van der Waals surface area contributed by atoms with Crippen molar-refractivity contribution in [3.8, 4) is 11.5 Å². The van der Waals surface area contributed by atoms with Crippen LogP contribution in [0.4, 0.5) is 11.4 Å². The van der Waals surface area contributed by atoms with Crippen LogP contribution in [0.5, 0.6) is 11.5 Å². The van der Waals surface area contributed by atoms with Gasteiger partial charge < -0.3 is 15.2 Å². The summed E-state index contributed by atoms with van der Waals surface area (Å²) in [5.41, 5.74) is 1.09. The first kappa shape index (κ1) is 20.5. The van der Waals surface area contributed by atoms with Crippen molar-refractivity contribution >= 4 is 23.3 Å². The van der Waals surface area contributed by atoms with E-state index in [2.05, 4.69) is 10.4 Å². The van der Waals surface area contributed by atoms with Gasteiger partial charge in [-0.25, -0.2) is 0 Å². The minimum atomic E-state index is -0.978. The Bertz CT molecular complexity index is 1110. The number of benzene rings is 2. The molecule has 1 amide bonds. The highest BCUT2D eigenvalue weighted by Crippen LogP contribution is 2.30. The third-order valence-corrected chi connectivity index (χ3v) is 4.04. The van der Waals surface area contributed by atoms with Crippen LogP contribution in [0.25, 0.3) is 0 Å². The number of nitro benzene ring substituents is 1. The van der Waals surface area contributed by atoms with Crippen LogP contribution in [-0.2, 0) is 11.3 Å². The first-order valence-electron chi connectivity index (χ1n) is 8.90. The number of non-ortho nitro benzene ring substituents is 1. The minimum Gasteiger partial charge on any atom is -0.481 e. The third-order valence-electron chi connectivity index (χ3n) is 4.04. The normalized spacial score (nSPS) is 10.4. The molecule has 0 fully saturated rings. The van der Waals surface area contributed by atoms with E-state index in [1.807, 2.05) is 13.0 Å². The molecule has 3 aromatic rings. The Labute approximate surface area is 170 Å². The van der Waals surface area contributed by atoms with Gasteiger partial charge in [0.25, 0.3) is 11.6 Å². The molecule has 0 aliphatic carbocycles. The number of carbonyl (C=O) groups is 2. The van der Waals surface area contributed by atoms with Gasteiger partial charge in [0.15, 0.2) is 0 Å². The van der Waals surface area contributed by atoms with Crippen molar-refractivity contribution < 1.29 is 24.4 Å². The van der Waals surface area contributed by atoms with Gasteiger partial charge in [-0.15, -0.1) is 0 Å². The Morgan fingerprint density at radius 1 is 1.23 bits per heavy atom. The molecule has 154 valence electrons. The second-order valence-electron chi connectivity index (χ2n) is 6.48. The SMILES string of the molecule is Cc1cccc(Oc2cc(NC(=O)c3cnn(CCC(=O)O)c3)cc([N+](=O)[O-])c2)c1. The van der Waals surface area contributed by atoms with E-state index in [0.29, 0.717) is 5.75 Å². The Balaban J connectivity index is 1.79. The average molecular weight is 410 g/mol. The number of nitrogens with one attached hydrogen (secondary N) is 1. The van der Waals surface area contributed by atoms with Crippen molar-refractivity contribution in [1.82, 2.24) is 9.78 Å². The lowest BCUT2D eigenvalue weighted by atomic mass is 10.2. The van der Waals surface area contributed by atoms with Gasteiger partial charge >= 0.3 is 5.97 Å². The molecule has 2 N–H and O–H groups in total. The van der Waals surface area contributed by atoms with Crippen LogP contribution in [0.2, 0.25) is 0 Å². The predicted molar refractivity (Wildman–Crippen MR) is 107 cm³/mol. The molecule has 1 aromatic heterocycles. The van der Waals surface area contributed by atoms with E-state index >= 15 is 0 Å². The molecular weight excluding hydrogens is 392 g/mol. The molecule has 0 unspecified atom stereocenters. The van der Waals surface area contributed by atoms with E-state index in [1.165, 1.54) is 35.3 Å². The molecule has 0 aliphatic heterocycles. The monoisotopic (exact) mass is 410 g/mol. The van der Waals surface area contributed by atoms with Crippen molar-refractivity contribution in [1.29, 1.82) is 0 Å². The highest BCUT2D eigenvalue weighted by molar-refractivity contribution is 6.04. The van der Waals surface area contributed by atoms with Crippen LogP contribution in [0.15, 0.2) is 54.9 Å². The number of nitrogens with zero attached hydrogens (tertiary/aromatic N) is 3. The Morgan fingerprint density at radius 2 is 2.03 bits per heavy atom. The predicted octanol–water partition coefficient (Wildman–Crippen LogP) is 3.62. The molecule has 10 heteroatoms. The number of aliphatic carboxylic acids is 1. The number of anilines is 1. The molecule has 0 radical (unpaired) electrons. The van der Waals surface area contributed by atoms with Gasteiger partial charge in [0.2, 0.25) is 0 Å². The number of carboxylic acids is 1. The summed E-state index contributed by atoms with van der Waals surface area (Å²) in [6, 6.07) is 11.1. The molecule has 10 nitrogen and oxygen atoms in total. The van der Waals surface area contributed by atoms with Crippen molar-refractivity contribution in [2.24, 2.45) is 0 Å². The zero-order chi connectivity index (χ0) is 21.7. The van der Waals surface area contributed by atoms with Gasteiger partial charge in [0, 0.05) is 18.3 Å². The minimum absolute atomic E-state index is 0.119. The summed E-state index contributed by atoms with van der Waals surface area (Å²) in [6.07, 6.45) is 2.56. The second-order valence-corrected chi connectivity index (χ2v) is 6.48. The lowest BCUT2D eigenvalue weighted by Gasteiger charge is -2.09. The van der Waals surface area contributed by atoms with Crippen LogP contribution in [0.1, 0.15) is 22.3 Å². The summed E-state index contributed by atoms with van der Waals surface area (Å²) < 4.78 is 7.04. The van der Waals surface area contributed by atoms with E-state index in [9.17, 15) is 19.7 Å². The fraction of sp³-hybridized carbons (Fsp3) is 0.150. The fourth-order valence-corrected chi connectivity index (χ4v) is 2.65. The molecule has 30 heavy (non-hydrogen) atoms. The van der Waals surface area contributed by atoms with E-state index in [0.717, 1.165) is 5.56 Å². The number of nitro groups is 1. The van der Waals surface area contributed by atoms with E-state index in [-0.39, 0.29) is 35.7 Å². The summed E-state index contributed by atoms with van der Waals surface area (Å²) in [6.45, 7) is 2.01. The molecular formula is C20H18N4O6.